The third kappa shape index (κ3) is 4.32. The predicted octanol–water partition coefficient (Wildman–Crippen LogP) is 2.58. The molecule has 0 radical (unpaired) electrons. The normalized spacial score (nSPS) is 12.1. The highest BCUT2D eigenvalue weighted by Crippen LogP contribution is 2.19. The van der Waals surface area contributed by atoms with Gasteiger partial charge in [-0.1, -0.05) is 36.4 Å². The molecule has 1 amide bonds. The number of aryl methyl sites for hydroxylation is 1. The summed E-state index contributed by atoms with van der Waals surface area (Å²) in [5.74, 6) is 0.363. The van der Waals surface area contributed by atoms with Crippen LogP contribution in [0, 0.1) is 6.92 Å². The van der Waals surface area contributed by atoms with Crippen molar-refractivity contribution in [2.75, 3.05) is 5.75 Å². The third-order valence-corrected chi connectivity index (χ3v) is 4.12. The number of hydrogen-bond acceptors (Lipinski definition) is 4. The molecule has 0 aliphatic carbocycles. The van der Waals surface area contributed by atoms with Gasteiger partial charge in [0.2, 0.25) is 5.91 Å². The lowest BCUT2D eigenvalue weighted by Gasteiger charge is -2.11. The number of nitrogens with zero attached hydrogens (tertiary/aromatic N) is 3. The van der Waals surface area contributed by atoms with Crippen molar-refractivity contribution in [3.05, 3.63) is 36.2 Å². The molecule has 1 unspecified atom stereocenters. The minimum absolute atomic E-state index is 0.0211. The predicted molar refractivity (Wildman–Crippen MR) is 84.7 cm³/mol. The van der Waals surface area contributed by atoms with Crippen molar-refractivity contribution >= 4 is 17.7 Å². The zero-order valence-corrected chi connectivity index (χ0v) is 13.4. The molecule has 1 atom stereocenters. The maximum Gasteiger partial charge on any atom is 0.230 e. The monoisotopic (exact) mass is 304 g/mol. The highest BCUT2D eigenvalue weighted by Gasteiger charge is 2.11. The Morgan fingerprint density at radius 1 is 1.38 bits per heavy atom. The molecule has 0 saturated heterocycles. The van der Waals surface area contributed by atoms with Crippen LogP contribution in [-0.2, 0) is 4.79 Å². The molecule has 21 heavy (non-hydrogen) atoms. The number of aromatic nitrogens is 3. The lowest BCUT2D eigenvalue weighted by Crippen LogP contribution is -2.33. The van der Waals surface area contributed by atoms with E-state index in [2.05, 4.69) is 15.5 Å². The molecule has 1 N–H and O–H groups in total. The second kappa shape index (κ2) is 7.26. The summed E-state index contributed by atoms with van der Waals surface area (Å²) in [5, 5.41) is 11.7. The summed E-state index contributed by atoms with van der Waals surface area (Å²) in [6.07, 6.45) is 2.59. The van der Waals surface area contributed by atoms with E-state index >= 15 is 0 Å². The quantitative estimate of drug-likeness (QED) is 0.833. The van der Waals surface area contributed by atoms with E-state index in [4.69, 9.17) is 0 Å². The van der Waals surface area contributed by atoms with Gasteiger partial charge >= 0.3 is 0 Å². The van der Waals surface area contributed by atoms with Crippen molar-refractivity contribution in [3.63, 3.8) is 0 Å². The Bertz CT molecular complexity index is 594. The summed E-state index contributed by atoms with van der Waals surface area (Å²) in [6, 6.07) is 8.32. The fourth-order valence-electron chi connectivity index (χ4n) is 1.75. The van der Waals surface area contributed by atoms with Crippen molar-refractivity contribution in [2.24, 2.45) is 0 Å². The van der Waals surface area contributed by atoms with Crippen LogP contribution in [0.25, 0.3) is 5.69 Å². The first-order valence-electron chi connectivity index (χ1n) is 6.99. The summed E-state index contributed by atoms with van der Waals surface area (Å²) in [4.78, 5) is 11.8. The average molecular weight is 304 g/mol. The van der Waals surface area contributed by atoms with Crippen molar-refractivity contribution < 1.29 is 4.79 Å². The lowest BCUT2D eigenvalue weighted by molar-refractivity contribution is -0.119. The van der Waals surface area contributed by atoms with Gasteiger partial charge in [-0.05, 0) is 32.4 Å². The fourth-order valence-corrected chi connectivity index (χ4v) is 2.49. The van der Waals surface area contributed by atoms with Crippen LogP contribution in [0.2, 0.25) is 0 Å². The second-order valence-corrected chi connectivity index (χ2v) is 5.93. The van der Waals surface area contributed by atoms with Crippen LogP contribution < -0.4 is 5.32 Å². The topological polar surface area (TPSA) is 59.8 Å². The molecule has 1 heterocycles. The second-order valence-electron chi connectivity index (χ2n) is 4.98. The van der Waals surface area contributed by atoms with Crippen LogP contribution >= 0.6 is 11.8 Å². The first-order valence-corrected chi connectivity index (χ1v) is 7.98. The number of benzene rings is 1. The Hall–Kier alpha value is -1.82. The van der Waals surface area contributed by atoms with Gasteiger partial charge in [-0.2, -0.15) is 0 Å². The highest BCUT2D eigenvalue weighted by molar-refractivity contribution is 7.99. The van der Waals surface area contributed by atoms with Crippen LogP contribution in [0.15, 0.2) is 35.7 Å². The van der Waals surface area contributed by atoms with Crippen LogP contribution in [0.5, 0.6) is 0 Å². The number of hydrogen-bond donors (Lipinski definition) is 1. The van der Waals surface area contributed by atoms with Crippen molar-refractivity contribution in [1.82, 2.24) is 20.1 Å². The van der Waals surface area contributed by atoms with Gasteiger partial charge in [-0.15, -0.1) is 10.2 Å². The number of carbonyl (C=O) groups excluding carboxylic acids is 1. The minimum Gasteiger partial charge on any atom is -0.353 e. The molecule has 0 saturated carbocycles. The summed E-state index contributed by atoms with van der Waals surface area (Å²) < 4.78 is 1.89. The first-order chi connectivity index (χ1) is 10.1. The molecule has 2 rings (SSSR count). The maximum absolute atomic E-state index is 11.8. The van der Waals surface area contributed by atoms with E-state index in [9.17, 15) is 4.79 Å². The van der Waals surface area contributed by atoms with Crippen molar-refractivity contribution in [2.45, 2.75) is 38.4 Å². The Morgan fingerprint density at radius 3 is 2.76 bits per heavy atom. The largest absolute Gasteiger partial charge is 0.353 e. The molecule has 112 valence electrons. The Labute approximate surface area is 129 Å². The van der Waals surface area contributed by atoms with Gasteiger partial charge in [0.1, 0.15) is 6.33 Å². The molecule has 2 aromatic rings. The number of amides is 1. The molecule has 1 aromatic heterocycles. The van der Waals surface area contributed by atoms with E-state index in [1.165, 1.54) is 17.3 Å². The minimum atomic E-state index is 0.0211. The van der Waals surface area contributed by atoms with E-state index in [1.807, 2.05) is 49.6 Å². The number of nitrogens with one attached hydrogen (secondary N) is 1. The van der Waals surface area contributed by atoms with Crippen LogP contribution in [0.1, 0.15) is 25.8 Å². The van der Waals surface area contributed by atoms with Gasteiger partial charge in [0.05, 0.1) is 5.75 Å². The molecular weight excluding hydrogens is 284 g/mol. The van der Waals surface area contributed by atoms with E-state index in [1.54, 1.807) is 6.33 Å². The zero-order chi connectivity index (χ0) is 15.2. The molecule has 0 bridgehead atoms. The maximum atomic E-state index is 11.8. The SMILES string of the molecule is CCC(C)NC(=O)CSc1nncn1-c1ccc(C)cc1. The van der Waals surface area contributed by atoms with E-state index in [-0.39, 0.29) is 11.9 Å². The van der Waals surface area contributed by atoms with E-state index < -0.39 is 0 Å². The van der Waals surface area contributed by atoms with Gasteiger partial charge in [0.25, 0.3) is 0 Å². The molecular formula is C15H20N4OS. The molecule has 1 aromatic carbocycles. The third-order valence-electron chi connectivity index (χ3n) is 3.18. The van der Waals surface area contributed by atoms with Crippen LogP contribution in [0.3, 0.4) is 0 Å². The summed E-state index contributed by atoms with van der Waals surface area (Å²) in [5.41, 5.74) is 2.20. The molecule has 0 fully saturated rings. The van der Waals surface area contributed by atoms with Crippen molar-refractivity contribution in [3.8, 4) is 5.69 Å². The Balaban J connectivity index is 2.01. The average Bonchev–Trinajstić information content (AvgIpc) is 2.94. The molecule has 5 nitrogen and oxygen atoms in total. The van der Waals surface area contributed by atoms with Gasteiger partial charge in [0, 0.05) is 11.7 Å². The molecule has 0 spiro atoms. The smallest absolute Gasteiger partial charge is 0.230 e. The Kier molecular flexibility index (Phi) is 5.38. The zero-order valence-electron chi connectivity index (χ0n) is 12.5. The highest BCUT2D eigenvalue weighted by atomic mass is 32.2. The number of rotatable bonds is 6. The standard InChI is InChI=1S/C15H20N4OS/c1-4-12(3)17-14(20)9-21-15-18-16-10-19(15)13-7-5-11(2)6-8-13/h5-8,10,12H,4,9H2,1-3H3,(H,17,20). The van der Waals surface area contributed by atoms with Crippen LogP contribution in [0.4, 0.5) is 0 Å². The number of carbonyl (C=O) groups is 1. The lowest BCUT2D eigenvalue weighted by atomic mass is 10.2. The summed E-state index contributed by atoms with van der Waals surface area (Å²) in [7, 11) is 0. The van der Waals surface area contributed by atoms with Crippen molar-refractivity contribution in [1.29, 1.82) is 0 Å². The van der Waals surface area contributed by atoms with Gasteiger partial charge in [0.15, 0.2) is 5.16 Å². The fraction of sp³-hybridized carbons (Fsp3) is 0.400. The summed E-state index contributed by atoms with van der Waals surface area (Å²) in [6.45, 7) is 6.09. The molecule has 0 aliphatic rings. The van der Waals surface area contributed by atoms with Crippen LogP contribution in [-0.4, -0.2) is 32.5 Å². The van der Waals surface area contributed by atoms with Gasteiger partial charge < -0.3 is 5.32 Å². The van der Waals surface area contributed by atoms with Gasteiger partial charge in [-0.3, -0.25) is 9.36 Å². The first kappa shape index (κ1) is 15.6. The number of thioether (sulfide) groups is 1. The Morgan fingerprint density at radius 2 is 2.10 bits per heavy atom. The van der Waals surface area contributed by atoms with E-state index in [0.29, 0.717) is 5.75 Å². The van der Waals surface area contributed by atoms with Gasteiger partial charge in [-0.25, -0.2) is 0 Å². The molecule has 6 heteroatoms. The molecule has 0 aliphatic heterocycles. The summed E-state index contributed by atoms with van der Waals surface area (Å²) >= 11 is 1.39. The van der Waals surface area contributed by atoms with E-state index in [0.717, 1.165) is 17.3 Å².